The average molecular weight is 522 g/mol. The second-order valence-electron chi connectivity index (χ2n) is 9.69. The van der Waals surface area contributed by atoms with E-state index in [1.807, 2.05) is 24.3 Å². The van der Waals surface area contributed by atoms with Crippen molar-refractivity contribution >= 4 is 41.7 Å². The molecule has 172 valence electrons. The number of aryl methyl sites for hydroxylation is 1. The van der Waals surface area contributed by atoms with Crippen molar-refractivity contribution in [3.8, 4) is 10.7 Å². The number of carboxylic acid groups (broad SMARTS) is 1. The maximum atomic E-state index is 11.2. The Kier molecular flexibility index (Phi) is 6.12. The van der Waals surface area contributed by atoms with Gasteiger partial charge in [0.15, 0.2) is 0 Å². The summed E-state index contributed by atoms with van der Waals surface area (Å²) >= 11 is 0.0401. The third-order valence-electron chi connectivity index (χ3n) is 6.64. The molecule has 1 aliphatic rings. The van der Waals surface area contributed by atoms with Crippen LogP contribution in [0.25, 0.3) is 16.3 Å². The van der Waals surface area contributed by atoms with Crippen LogP contribution in [-0.2, 0) is 5.41 Å². The number of benzene rings is 4. The van der Waals surface area contributed by atoms with Crippen LogP contribution in [-0.4, -0.2) is 26.0 Å². The van der Waals surface area contributed by atoms with Gasteiger partial charge in [-0.15, -0.1) is 0 Å². The molecule has 0 aromatic heterocycles. The van der Waals surface area contributed by atoms with E-state index in [1.54, 1.807) is 12.1 Å². The fraction of sp³-hybridized carbons (Fsp3) is 0.156. The topological polar surface area (TPSA) is 37.3 Å². The number of hydrogen-bond donors (Lipinski definition) is 1. The van der Waals surface area contributed by atoms with Crippen LogP contribution < -0.4 is 4.46 Å². The van der Waals surface area contributed by atoms with E-state index in [9.17, 15) is 9.90 Å². The molecule has 0 radical (unpaired) electrons. The summed E-state index contributed by atoms with van der Waals surface area (Å²) in [5.74, 6) is 2.40. The Bertz CT molecular complexity index is 1550. The SMILES string of the molecule is Cc1ccc(C2=CCC(C)(C)c3cc([Se]C#Cc4ccc5cc(C(=O)O)ccc5c4)ccc32)cc1. The Balaban J connectivity index is 1.40. The van der Waals surface area contributed by atoms with Crippen molar-refractivity contribution in [3.05, 3.63) is 118 Å². The number of allylic oxidation sites excluding steroid dienone is 1. The molecule has 0 bridgehead atoms. The fourth-order valence-corrected chi connectivity index (χ4v) is 5.82. The zero-order valence-corrected chi connectivity index (χ0v) is 21.8. The van der Waals surface area contributed by atoms with Crippen LogP contribution in [0.4, 0.5) is 0 Å². The van der Waals surface area contributed by atoms with Crippen molar-refractivity contribution in [2.45, 2.75) is 32.6 Å². The van der Waals surface area contributed by atoms with Gasteiger partial charge in [0.1, 0.15) is 0 Å². The molecule has 0 fully saturated rings. The summed E-state index contributed by atoms with van der Waals surface area (Å²) in [5.41, 5.74) is 7.95. The number of carboxylic acids is 1. The first kappa shape index (κ1) is 23.2. The molecule has 35 heavy (non-hydrogen) atoms. The van der Waals surface area contributed by atoms with Gasteiger partial charge in [-0.3, -0.25) is 0 Å². The Morgan fingerprint density at radius 1 is 0.914 bits per heavy atom. The fourth-order valence-electron chi connectivity index (χ4n) is 4.57. The molecule has 0 saturated heterocycles. The number of fused-ring (bicyclic) bond motifs is 2. The first-order valence-corrected chi connectivity index (χ1v) is 13.4. The molecule has 0 saturated carbocycles. The van der Waals surface area contributed by atoms with Gasteiger partial charge < -0.3 is 0 Å². The van der Waals surface area contributed by atoms with E-state index >= 15 is 0 Å². The molecule has 4 aromatic carbocycles. The van der Waals surface area contributed by atoms with E-state index in [0.717, 1.165) is 22.8 Å². The van der Waals surface area contributed by atoms with Gasteiger partial charge in [-0.25, -0.2) is 0 Å². The Morgan fingerprint density at radius 3 is 2.43 bits per heavy atom. The molecule has 1 N–H and O–H groups in total. The normalized spacial score (nSPS) is 14.0. The van der Waals surface area contributed by atoms with Gasteiger partial charge in [-0.2, -0.15) is 0 Å². The molecule has 5 rings (SSSR count). The molecule has 0 heterocycles. The number of hydrogen-bond acceptors (Lipinski definition) is 1. The molecule has 0 atom stereocenters. The van der Waals surface area contributed by atoms with E-state index in [1.165, 1.54) is 32.3 Å². The van der Waals surface area contributed by atoms with Crippen molar-refractivity contribution in [1.29, 1.82) is 0 Å². The summed E-state index contributed by atoms with van der Waals surface area (Å²) in [7, 11) is 0. The minimum atomic E-state index is -0.909. The van der Waals surface area contributed by atoms with Crippen molar-refractivity contribution in [3.63, 3.8) is 0 Å². The Hall–Kier alpha value is -3.57. The van der Waals surface area contributed by atoms with Crippen molar-refractivity contribution in [2.24, 2.45) is 0 Å². The van der Waals surface area contributed by atoms with Crippen LogP contribution >= 0.6 is 0 Å². The standard InChI is InChI=1S/C32H26O2Se/c1-21-4-7-23(8-5-21)28-14-16-32(2,3)30-20-27(12-13-29(28)30)35-17-15-22-6-9-25-19-26(31(33)34)11-10-24(25)18-22/h4-14,18-20H,16H2,1-3H3,(H,33,34). The molecule has 1 aliphatic carbocycles. The van der Waals surface area contributed by atoms with E-state index in [2.05, 4.69) is 80.1 Å². The van der Waals surface area contributed by atoms with Crippen LogP contribution in [0.15, 0.2) is 84.9 Å². The number of rotatable bonds is 3. The molecular weight excluding hydrogens is 495 g/mol. The third-order valence-corrected chi connectivity index (χ3v) is 8.10. The van der Waals surface area contributed by atoms with Gasteiger partial charge >= 0.3 is 213 Å². The monoisotopic (exact) mass is 522 g/mol. The van der Waals surface area contributed by atoms with Crippen molar-refractivity contribution < 1.29 is 9.90 Å². The van der Waals surface area contributed by atoms with E-state index in [-0.39, 0.29) is 20.4 Å². The summed E-state index contributed by atoms with van der Waals surface area (Å²) in [5, 5.41) is 11.1. The summed E-state index contributed by atoms with van der Waals surface area (Å²) < 4.78 is 1.29. The third kappa shape index (κ3) is 4.82. The second-order valence-corrected chi connectivity index (χ2v) is 11.5. The molecule has 0 amide bonds. The van der Waals surface area contributed by atoms with Gasteiger partial charge in [0.2, 0.25) is 0 Å². The molecule has 4 aromatic rings. The molecule has 0 aliphatic heterocycles. The van der Waals surface area contributed by atoms with Gasteiger partial charge in [0.05, 0.1) is 0 Å². The minimum absolute atomic E-state index is 0.0401. The molecule has 0 spiro atoms. The van der Waals surface area contributed by atoms with Crippen LogP contribution in [0.3, 0.4) is 0 Å². The summed E-state index contributed by atoms with van der Waals surface area (Å²) in [6.45, 7) is 6.77. The zero-order valence-electron chi connectivity index (χ0n) is 20.1. The summed E-state index contributed by atoms with van der Waals surface area (Å²) in [4.78, 5) is 14.6. The maximum absolute atomic E-state index is 11.2. The van der Waals surface area contributed by atoms with Crippen LogP contribution in [0.1, 0.15) is 58.4 Å². The molecule has 0 unspecified atom stereocenters. The van der Waals surface area contributed by atoms with Crippen LogP contribution in [0.5, 0.6) is 0 Å². The van der Waals surface area contributed by atoms with E-state index in [0.29, 0.717) is 5.56 Å². The molecule has 2 nitrogen and oxygen atoms in total. The Labute approximate surface area is 212 Å². The predicted octanol–water partition coefficient (Wildman–Crippen LogP) is 6.30. The summed E-state index contributed by atoms with van der Waals surface area (Å²) in [6.07, 6.45) is 3.41. The molecular formula is C32H26O2Se. The predicted molar refractivity (Wildman–Crippen MR) is 146 cm³/mol. The van der Waals surface area contributed by atoms with Crippen molar-refractivity contribution in [2.75, 3.05) is 0 Å². The van der Waals surface area contributed by atoms with Crippen molar-refractivity contribution in [1.82, 2.24) is 0 Å². The van der Waals surface area contributed by atoms with Gasteiger partial charge in [0, 0.05) is 0 Å². The summed E-state index contributed by atoms with van der Waals surface area (Å²) in [6, 6.07) is 26.8. The molecule has 3 heteroatoms. The van der Waals surface area contributed by atoms with Gasteiger partial charge in [-0.1, -0.05) is 0 Å². The van der Waals surface area contributed by atoms with E-state index in [4.69, 9.17) is 0 Å². The second kappa shape index (κ2) is 9.23. The number of aromatic carboxylic acids is 1. The van der Waals surface area contributed by atoms with Crippen LogP contribution in [0.2, 0.25) is 0 Å². The Morgan fingerprint density at radius 2 is 1.66 bits per heavy atom. The van der Waals surface area contributed by atoms with E-state index < -0.39 is 5.97 Å². The number of carbonyl (C=O) groups is 1. The quantitative estimate of drug-likeness (QED) is 0.254. The first-order valence-electron chi connectivity index (χ1n) is 11.7. The van der Waals surface area contributed by atoms with Gasteiger partial charge in [0.25, 0.3) is 0 Å². The van der Waals surface area contributed by atoms with Crippen LogP contribution in [0, 0.1) is 17.7 Å². The average Bonchev–Trinajstić information content (AvgIpc) is 2.85. The first-order chi connectivity index (χ1) is 16.8. The van der Waals surface area contributed by atoms with Gasteiger partial charge in [-0.05, 0) is 0 Å². The zero-order chi connectivity index (χ0) is 24.6.